The van der Waals surface area contributed by atoms with Gasteiger partial charge in [0.25, 0.3) is 0 Å². The van der Waals surface area contributed by atoms with Crippen molar-refractivity contribution in [1.29, 1.82) is 0 Å². The maximum Gasteiger partial charge on any atom is 0.243 e. The number of fused-ring (bicyclic) bond motifs is 1. The van der Waals surface area contributed by atoms with Gasteiger partial charge in [0.05, 0.1) is 29.2 Å². The Morgan fingerprint density at radius 2 is 1.52 bits per heavy atom. The molecule has 12 nitrogen and oxygen atoms in total. The molecule has 298 valence electrons. The molecular weight excluding hydrogens is 707 g/mol. The normalized spacial score (nSPS) is 19.0. The molecule has 7 N–H and O–H groups in total. The molecule has 13 heteroatoms. The quantitative estimate of drug-likeness (QED) is 0.125. The average molecular weight is 768 g/mol. The molecule has 0 aromatic heterocycles. The first kappa shape index (κ1) is 42.9. The third-order valence-corrected chi connectivity index (χ3v) is 12.3. The Labute approximate surface area is 321 Å². The van der Waals surface area contributed by atoms with E-state index in [4.69, 9.17) is 5.73 Å². The number of nitrogens with one attached hydrogen (secondary N) is 4. The molecule has 1 aliphatic heterocycles. The molecule has 5 atom stereocenters. The lowest BCUT2D eigenvalue weighted by atomic mass is 9.83. The summed E-state index contributed by atoms with van der Waals surface area (Å²) in [6.45, 7) is 8.56. The summed E-state index contributed by atoms with van der Waals surface area (Å²) in [7, 11) is -3.58. The summed E-state index contributed by atoms with van der Waals surface area (Å²) in [4.78, 5) is 54.6. The van der Waals surface area contributed by atoms with E-state index in [1.807, 2.05) is 58.0 Å². The molecule has 0 bridgehead atoms. The predicted octanol–water partition coefficient (Wildman–Crippen LogP) is 3.64. The van der Waals surface area contributed by atoms with E-state index in [1.165, 1.54) is 6.07 Å². The van der Waals surface area contributed by atoms with E-state index in [-0.39, 0.29) is 54.2 Å². The molecule has 0 saturated heterocycles. The van der Waals surface area contributed by atoms with E-state index >= 15 is 0 Å². The van der Waals surface area contributed by atoms with Crippen LogP contribution in [0.25, 0.3) is 0 Å². The Balaban J connectivity index is 1.51. The van der Waals surface area contributed by atoms with E-state index in [0.717, 1.165) is 43.2 Å². The van der Waals surface area contributed by atoms with Gasteiger partial charge >= 0.3 is 0 Å². The van der Waals surface area contributed by atoms with Gasteiger partial charge in [0.2, 0.25) is 23.6 Å². The van der Waals surface area contributed by atoms with Crippen LogP contribution in [-0.2, 0) is 42.0 Å². The monoisotopic (exact) mass is 767 g/mol. The number of aliphatic hydroxyl groups is 1. The lowest BCUT2D eigenvalue weighted by Gasteiger charge is -2.32. The molecule has 1 aliphatic carbocycles. The highest BCUT2D eigenvalue weighted by Crippen LogP contribution is 2.37. The molecule has 54 heavy (non-hydrogen) atoms. The van der Waals surface area contributed by atoms with Crippen LogP contribution >= 0.6 is 0 Å². The summed E-state index contributed by atoms with van der Waals surface area (Å²) in [6, 6.07) is 11.4. The fourth-order valence-electron chi connectivity index (χ4n) is 7.55. The number of benzene rings is 2. The van der Waals surface area contributed by atoms with Crippen molar-refractivity contribution in [3.63, 3.8) is 0 Å². The number of nitrogens with two attached hydrogens (primary N) is 1. The molecule has 4 amide bonds. The van der Waals surface area contributed by atoms with Crippen LogP contribution in [0, 0.1) is 17.8 Å². The van der Waals surface area contributed by atoms with Crippen LogP contribution in [0.15, 0.2) is 53.4 Å². The summed E-state index contributed by atoms with van der Waals surface area (Å²) in [6.07, 6.45) is 4.81. The maximum absolute atomic E-state index is 14.1. The number of hydrogen-bond donors (Lipinski definition) is 6. The summed E-state index contributed by atoms with van der Waals surface area (Å²) in [5.41, 5.74) is 7.91. The number of rotatable bonds is 19. The largest absolute Gasteiger partial charge is 0.390 e. The SMILES string of the molecule is CC(C)CNC(=O)C[C@H](O)[C@H](CC1CCCCC1)NC(=O)[C@H](CC(C)C)NC(=O)[C@H](Cc1ccccc1)NC(=O)CC1CS(=O)(=O)c2ccc(CN)cc21. The lowest BCUT2D eigenvalue weighted by Crippen LogP contribution is -2.57. The van der Waals surface area contributed by atoms with Gasteiger partial charge in [-0.05, 0) is 53.4 Å². The minimum absolute atomic E-state index is 0.00883. The molecule has 0 spiro atoms. The first-order valence-electron chi connectivity index (χ1n) is 19.6. The van der Waals surface area contributed by atoms with Crippen LogP contribution in [0.4, 0.5) is 0 Å². The predicted molar refractivity (Wildman–Crippen MR) is 209 cm³/mol. The van der Waals surface area contributed by atoms with Crippen LogP contribution in [0.3, 0.4) is 0 Å². The fraction of sp³-hybridized carbons (Fsp3) is 0.610. The molecule has 2 aliphatic rings. The highest BCUT2D eigenvalue weighted by molar-refractivity contribution is 7.91. The average Bonchev–Trinajstić information content (AvgIpc) is 3.38. The Morgan fingerprint density at radius 3 is 2.17 bits per heavy atom. The van der Waals surface area contributed by atoms with Crippen molar-refractivity contribution >= 4 is 33.5 Å². The molecular formula is C41H61N5O7S. The van der Waals surface area contributed by atoms with Gasteiger partial charge in [0.1, 0.15) is 12.1 Å². The first-order valence-corrected chi connectivity index (χ1v) is 21.2. The molecule has 1 fully saturated rings. The number of amides is 4. The summed E-state index contributed by atoms with van der Waals surface area (Å²) in [5, 5.41) is 22.9. The van der Waals surface area contributed by atoms with E-state index in [0.29, 0.717) is 30.9 Å². The minimum atomic E-state index is -3.58. The topological polar surface area (TPSA) is 197 Å². The zero-order chi connectivity index (χ0) is 39.4. The van der Waals surface area contributed by atoms with Gasteiger partial charge in [-0.3, -0.25) is 19.2 Å². The molecule has 2 aromatic rings. The second kappa shape index (κ2) is 20.2. The highest BCUT2D eigenvalue weighted by atomic mass is 32.2. The summed E-state index contributed by atoms with van der Waals surface area (Å²) in [5.74, 6) is -2.07. The third-order valence-electron chi connectivity index (χ3n) is 10.4. The van der Waals surface area contributed by atoms with Crippen molar-refractivity contribution in [3.05, 3.63) is 65.2 Å². The van der Waals surface area contributed by atoms with Gasteiger partial charge in [-0.2, -0.15) is 0 Å². The van der Waals surface area contributed by atoms with Gasteiger partial charge in [-0.25, -0.2) is 8.42 Å². The van der Waals surface area contributed by atoms with Crippen LogP contribution in [-0.4, -0.2) is 73.7 Å². The second-order valence-corrected chi connectivity index (χ2v) is 18.1. The van der Waals surface area contributed by atoms with Gasteiger partial charge < -0.3 is 32.1 Å². The summed E-state index contributed by atoms with van der Waals surface area (Å²) >= 11 is 0. The number of sulfone groups is 1. The second-order valence-electron chi connectivity index (χ2n) is 16.1. The van der Waals surface area contributed by atoms with Crippen molar-refractivity contribution < 1.29 is 32.7 Å². The Bertz CT molecular complexity index is 1680. The van der Waals surface area contributed by atoms with Gasteiger partial charge in [0.15, 0.2) is 9.84 Å². The van der Waals surface area contributed by atoms with Crippen LogP contribution in [0.1, 0.15) is 108 Å². The minimum Gasteiger partial charge on any atom is -0.390 e. The number of carbonyl (C=O) groups is 4. The van der Waals surface area contributed by atoms with Crippen LogP contribution < -0.4 is 27.0 Å². The van der Waals surface area contributed by atoms with E-state index in [9.17, 15) is 32.7 Å². The van der Waals surface area contributed by atoms with Crippen LogP contribution in [0.2, 0.25) is 0 Å². The maximum atomic E-state index is 14.1. The molecule has 0 radical (unpaired) electrons. The van der Waals surface area contributed by atoms with Crippen molar-refractivity contribution in [1.82, 2.24) is 21.3 Å². The molecule has 1 unspecified atom stereocenters. The first-order chi connectivity index (χ1) is 25.6. The van der Waals surface area contributed by atoms with Crippen LogP contribution in [0.5, 0.6) is 0 Å². The van der Waals surface area contributed by atoms with Gasteiger partial charge in [-0.15, -0.1) is 0 Å². The van der Waals surface area contributed by atoms with Gasteiger partial charge in [-0.1, -0.05) is 102 Å². The smallest absolute Gasteiger partial charge is 0.243 e. The fourth-order valence-corrected chi connectivity index (χ4v) is 9.42. The molecule has 2 aromatic carbocycles. The number of hydrogen-bond acceptors (Lipinski definition) is 8. The van der Waals surface area contributed by atoms with Crippen molar-refractivity contribution in [2.75, 3.05) is 12.3 Å². The number of carbonyl (C=O) groups excluding carboxylic acids is 4. The third kappa shape index (κ3) is 12.9. The Hall–Kier alpha value is -3.81. The van der Waals surface area contributed by atoms with E-state index in [2.05, 4.69) is 21.3 Å². The van der Waals surface area contributed by atoms with E-state index < -0.39 is 57.7 Å². The molecule has 1 saturated carbocycles. The zero-order valence-electron chi connectivity index (χ0n) is 32.3. The Morgan fingerprint density at radius 1 is 0.833 bits per heavy atom. The van der Waals surface area contributed by atoms with Gasteiger partial charge in [0, 0.05) is 31.8 Å². The molecule has 1 heterocycles. The van der Waals surface area contributed by atoms with Crippen molar-refractivity contribution in [3.8, 4) is 0 Å². The zero-order valence-corrected chi connectivity index (χ0v) is 33.1. The van der Waals surface area contributed by atoms with E-state index in [1.54, 1.807) is 12.1 Å². The molecule has 4 rings (SSSR count). The Kier molecular flexibility index (Phi) is 16.1. The summed E-state index contributed by atoms with van der Waals surface area (Å²) < 4.78 is 25.9. The van der Waals surface area contributed by atoms with Crippen molar-refractivity contribution in [2.45, 2.75) is 133 Å². The number of aliphatic hydroxyl groups excluding tert-OH is 1. The van der Waals surface area contributed by atoms with Crippen molar-refractivity contribution in [2.24, 2.45) is 23.5 Å². The highest BCUT2D eigenvalue weighted by Gasteiger charge is 2.37. The standard InChI is InChI=1S/C41H61N5O7S/c1-26(2)17-34(40(50)45-33(19-28-11-7-5-8-12-28)36(47)22-38(48)43-24-27(3)4)46-41(51)35(20-29-13-9-6-10-14-29)44-39(49)21-31-25-54(52,53)37-16-15-30(23-42)18-32(31)37/h6,9-10,13-16,18,26-28,31,33-36,47H,5,7-8,11-12,17,19-25,42H2,1-4H3,(H,43,48)(H,44,49)(H,45,50)(H,46,51)/t31?,33-,34-,35-,36-/m0/s1. The lowest BCUT2D eigenvalue weighted by molar-refractivity contribution is -0.133.